The van der Waals surface area contributed by atoms with Crippen LogP contribution >= 0.6 is 0 Å². The van der Waals surface area contributed by atoms with Crippen molar-refractivity contribution in [3.63, 3.8) is 0 Å². The van der Waals surface area contributed by atoms with Gasteiger partial charge in [0.2, 0.25) is 5.91 Å². The molecule has 2 amide bonds. The van der Waals surface area contributed by atoms with Crippen LogP contribution in [0, 0.1) is 0 Å². The van der Waals surface area contributed by atoms with Gasteiger partial charge in [0.05, 0.1) is 0 Å². The quantitative estimate of drug-likeness (QED) is 0.496. The van der Waals surface area contributed by atoms with Gasteiger partial charge in [-0.05, 0) is 43.0 Å². The zero-order chi connectivity index (χ0) is 29.1. The summed E-state index contributed by atoms with van der Waals surface area (Å²) >= 11 is 0. The average molecular weight is 579 g/mol. The molecule has 0 atom stereocenters. The van der Waals surface area contributed by atoms with Crippen LogP contribution in [0.5, 0.6) is 0 Å². The largest absolute Gasteiger partial charge is 0.381 e. The van der Waals surface area contributed by atoms with E-state index in [0.717, 1.165) is 95.4 Å². The maximum Gasteiger partial charge on any atom is 0.252 e. The fourth-order valence-corrected chi connectivity index (χ4v) is 6.35. The zero-order valence-electron chi connectivity index (χ0n) is 25.0. The zero-order valence-corrected chi connectivity index (χ0v) is 25.0. The molecule has 2 saturated heterocycles. The lowest BCUT2D eigenvalue weighted by molar-refractivity contribution is -0.132. The topological polar surface area (TPSA) is 81.7 Å². The number of carbonyl (C=O) groups excluding carboxylic acids is 2. The molecular formula is C32H46N6O4. The first-order valence-corrected chi connectivity index (χ1v) is 15.5. The molecule has 5 rings (SSSR count). The predicted octanol–water partition coefficient (Wildman–Crippen LogP) is 2.49. The number of ether oxygens (including phenoxy) is 2. The molecule has 3 aliphatic heterocycles. The van der Waals surface area contributed by atoms with Crippen LogP contribution in [0.4, 0.5) is 11.5 Å². The Kier molecular flexibility index (Phi) is 11.2. The number of benzene rings is 1. The van der Waals surface area contributed by atoms with Gasteiger partial charge in [-0.1, -0.05) is 24.3 Å². The summed E-state index contributed by atoms with van der Waals surface area (Å²) in [5.41, 5.74) is 1.88. The van der Waals surface area contributed by atoms with Gasteiger partial charge in [-0.15, -0.1) is 0 Å². The molecule has 0 spiro atoms. The van der Waals surface area contributed by atoms with Gasteiger partial charge in [0.25, 0.3) is 5.91 Å². The third-order valence-electron chi connectivity index (χ3n) is 8.74. The summed E-state index contributed by atoms with van der Waals surface area (Å²) in [5.74, 6) is 1.13. The third-order valence-corrected chi connectivity index (χ3v) is 8.74. The Morgan fingerprint density at radius 3 is 2.45 bits per heavy atom. The van der Waals surface area contributed by atoms with Crippen molar-refractivity contribution in [3.8, 4) is 0 Å². The minimum absolute atomic E-state index is 0.0360. The van der Waals surface area contributed by atoms with Gasteiger partial charge in [0.15, 0.2) is 0 Å². The van der Waals surface area contributed by atoms with Crippen LogP contribution in [0.15, 0.2) is 48.7 Å². The van der Waals surface area contributed by atoms with Gasteiger partial charge in [0.1, 0.15) is 12.4 Å². The molecule has 0 N–H and O–H groups in total. The van der Waals surface area contributed by atoms with Crippen LogP contribution in [0.3, 0.4) is 0 Å². The molecule has 0 saturated carbocycles. The van der Waals surface area contributed by atoms with Crippen molar-refractivity contribution in [2.45, 2.75) is 38.3 Å². The maximum absolute atomic E-state index is 13.8. The average Bonchev–Trinajstić information content (AvgIpc) is 3.07. The Morgan fingerprint density at radius 1 is 0.905 bits per heavy atom. The number of para-hydroxylation sites is 1. The Labute approximate surface area is 250 Å². The van der Waals surface area contributed by atoms with Crippen molar-refractivity contribution < 1.29 is 19.1 Å². The summed E-state index contributed by atoms with van der Waals surface area (Å²) in [7, 11) is 1.56. The number of hydrogen-bond donors (Lipinski definition) is 0. The highest BCUT2D eigenvalue weighted by Gasteiger charge is 2.27. The molecule has 0 bridgehead atoms. The number of methoxy groups -OCH3 is 1. The summed E-state index contributed by atoms with van der Waals surface area (Å²) < 4.78 is 10.9. The van der Waals surface area contributed by atoms with Crippen LogP contribution in [0.2, 0.25) is 0 Å². The van der Waals surface area contributed by atoms with Crippen LogP contribution < -0.4 is 9.80 Å². The number of aromatic nitrogens is 1. The predicted molar refractivity (Wildman–Crippen MR) is 164 cm³/mol. The van der Waals surface area contributed by atoms with Crippen LogP contribution in [0.25, 0.3) is 0 Å². The Balaban J connectivity index is 1.28. The monoisotopic (exact) mass is 578 g/mol. The highest BCUT2D eigenvalue weighted by molar-refractivity contribution is 5.95. The van der Waals surface area contributed by atoms with E-state index in [1.54, 1.807) is 7.11 Å². The summed E-state index contributed by atoms with van der Waals surface area (Å²) in [5, 5.41) is 0. The van der Waals surface area contributed by atoms with E-state index in [1.165, 1.54) is 0 Å². The first-order chi connectivity index (χ1) is 20.6. The fourth-order valence-electron chi connectivity index (χ4n) is 6.35. The van der Waals surface area contributed by atoms with Crippen LogP contribution in [-0.2, 0) is 25.6 Å². The molecule has 2 aromatic rings. The fraction of sp³-hybridized carbons (Fsp3) is 0.594. The standard InChI is InChI=1S/C32H46N6O4/c1-41-26-32(40)38-15-6-14-35(28-11-23-42-24-12-28)21-22-37(25-27-7-2-3-8-29(27)38)31(39)10-16-34-17-19-36(20-18-34)30-9-4-5-13-33-30/h2-5,7-9,13,28H,6,10-12,14-26H2,1H3. The molecule has 10 nitrogen and oxygen atoms in total. The van der Waals surface area contributed by atoms with Crippen molar-refractivity contribution in [3.05, 3.63) is 54.2 Å². The lowest BCUT2D eigenvalue weighted by Gasteiger charge is -2.36. The first-order valence-electron chi connectivity index (χ1n) is 15.5. The number of nitrogens with zero attached hydrogens (tertiary/aromatic N) is 6. The van der Waals surface area contributed by atoms with Gasteiger partial charge >= 0.3 is 0 Å². The van der Waals surface area contributed by atoms with E-state index in [9.17, 15) is 9.59 Å². The molecule has 1 aromatic carbocycles. The van der Waals surface area contributed by atoms with Crippen LogP contribution in [-0.4, -0.2) is 123 Å². The van der Waals surface area contributed by atoms with Gasteiger partial charge in [-0.3, -0.25) is 19.4 Å². The molecule has 0 radical (unpaired) electrons. The number of amides is 2. The Morgan fingerprint density at radius 2 is 1.69 bits per heavy atom. The van der Waals surface area contributed by atoms with E-state index in [1.807, 2.05) is 52.4 Å². The molecular weight excluding hydrogens is 532 g/mol. The second-order valence-corrected chi connectivity index (χ2v) is 11.4. The molecule has 0 unspecified atom stereocenters. The normalized spacial score (nSPS) is 20.2. The van der Waals surface area contributed by atoms with E-state index in [-0.39, 0.29) is 18.4 Å². The van der Waals surface area contributed by atoms with Crippen molar-refractivity contribution >= 4 is 23.3 Å². The van der Waals surface area contributed by atoms with E-state index >= 15 is 0 Å². The lowest BCUT2D eigenvalue weighted by atomic mass is 10.1. The second-order valence-electron chi connectivity index (χ2n) is 11.4. The minimum atomic E-state index is -0.0514. The number of pyridine rings is 1. The summed E-state index contributed by atoms with van der Waals surface area (Å²) in [6.07, 6.45) is 5.19. The van der Waals surface area contributed by atoms with Gasteiger partial charge in [0, 0.05) is 110 Å². The van der Waals surface area contributed by atoms with E-state index in [4.69, 9.17) is 9.47 Å². The van der Waals surface area contributed by atoms with Gasteiger partial charge in [-0.25, -0.2) is 4.98 Å². The second kappa shape index (κ2) is 15.4. The van der Waals surface area contributed by atoms with E-state index in [0.29, 0.717) is 32.1 Å². The molecule has 228 valence electrons. The number of hydrogen-bond acceptors (Lipinski definition) is 8. The number of anilines is 2. The number of fused-ring (bicyclic) bond motifs is 1. The first kappa shape index (κ1) is 30.4. The Bertz CT molecular complexity index is 1140. The van der Waals surface area contributed by atoms with E-state index in [2.05, 4.69) is 25.8 Å². The number of piperazine rings is 1. The van der Waals surface area contributed by atoms with Gasteiger partial charge in [-0.2, -0.15) is 0 Å². The SMILES string of the molecule is COCC(=O)N1CCCN(C2CCOCC2)CCN(C(=O)CCN2CCN(c3ccccn3)CC2)Cc2ccccc21. The molecule has 4 heterocycles. The van der Waals surface area contributed by atoms with Crippen molar-refractivity contribution in [1.29, 1.82) is 0 Å². The van der Waals surface area contributed by atoms with Gasteiger partial charge < -0.3 is 24.2 Å². The highest BCUT2D eigenvalue weighted by Crippen LogP contribution is 2.25. The third kappa shape index (κ3) is 8.06. The molecule has 1 aromatic heterocycles. The Hall–Kier alpha value is -3.05. The molecule has 42 heavy (non-hydrogen) atoms. The summed E-state index contributed by atoms with van der Waals surface area (Å²) in [4.78, 5) is 42.6. The smallest absolute Gasteiger partial charge is 0.252 e. The van der Waals surface area contributed by atoms with Crippen molar-refractivity contribution in [2.24, 2.45) is 0 Å². The molecule has 3 aliphatic rings. The molecule has 2 fully saturated rings. The van der Waals surface area contributed by atoms with E-state index < -0.39 is 0 Å². The van der Waals surface area contributed by atoms with Crippen molar-refractivity contribution in [1.82, 2.24) is 19.7 Å². The van der Waals surface area contributed by atoms with Crippen molar-refractivity contribution in [2.75, 3.05) is 95.6 Å². The number of rotatable bonds is 7. The van der Waals surface area contributed by atoms with Crippen LogP contribution in [0.1, 0.15) is 31.2 Å². The highest BCUT2D eigenvalue weighted by atomic mass is 16.5. The molecule has 10 heteroatoms. The summed E-state index contributed by atoms with van der Waals surface area (Å²) in [6.45, 7) is 9.48. The summed E-state index contributed by atoms with van der Waals surface area (Å²) in [6, 6.07) is 14.5. The maximum atomic E-state index is 13.8. The number of carbonyl (C=O) groups is 2. The molecule has 0 aliphatic carbocycles. The minimum Gasteiger partial charge on any atom is -0.381 e. The lowest BCUT2D eigenvalue weighted by Crippen LogP contribution is -2.48.